The number of anilines is 2. The van der Waals surface area contributed by atoms with Gasteiger partial charge in [-0.05, 0) is 43.4 Å². The summed E-state index contributed by atoms with van der Waals surface area (Å²) >= 11 is 0. The third-order valence-corrected chi connectivity index (χ3v) is 4.45. The number of aromatic nitrogens is 2. The van der Waals surface area contributed by atoms with Crippen LogP contribution in [0.1, 0.15) is 36.6 Å². The number of hydrogen-bond acceptors (Lipinski definition) is 4. The predicted molar refractivity (Wildman–Crippen MR) is 89.6 cm³/mol. The molecule has 1 saturated carbocycles. The van der Waals surface area contributed by atoms with Gasteiger partial charge in [-0.15, -0.1) is 0 Å². The monoisotopic (exact) mass is 308 g/mol. The standard InChI is InChI=1S/C18H20N4O/c23-17(22-11-3-5-13-4-1-2-6-15(13)22)12-20-16-9-10-19-18(21-16)14-7-8-14/h1-2,4,6,9-10,14H,3,5,7-8,11-12H2,(H,19,20,21). The molecule has 2 heterocycles. The van der Waals surface area contributed by atoms with Gasteiger partial charge in [-0.1, -0.05) is 18.2 Å². The SMILES string of the molecule is O=C(CNc1ccnc(C2CC2)n1)N1CCCc2ccccc21. The molecule has 2 aliphatic rings. The lowest BCUT2D eigenvalue weighted by atomic mass is 10.0. The Bertz CT molecular complexity index is 726. The number of rotatable bonds is 4. The van der Waals surface area contributed by atoms with Crippen LogP contribution in [-0.4, -0.2) is 29.0 Å². The first-order chi connectivity index (χ1) is 11.3. The average molecular weight is 308 g/mol. The Hall–Kier alpha value is -2.43. The van der Waals surface area contributed by atoms with Crippen molar-refractivity contribution in [1.82, 2.24) is 9.97 Å². The van der Waals surface area contributed by atoms with Crippen LogP contribution in [-0.2, 0) is 11.2 Å². The summed E-state index contributed by atoms with van der Waals surface area (Å²) in [6, 6.07) is 9.98. The zero-order valence-corrected chi connectivity index (χ0v) is 13.0. The van der Waals surface area contributed by atoms with Crippen LogP contribution >= 0.6 is 0 Å². The van der Waals surface area contributed by atoms with E-state index in [4.69, 9.17) is 0 Å². The molecule has 0 saturated heterocycles. The quantitative estimate of drug-likeness (QED) is 0.943. The molecular weight excluding hydrogens is 288 g/mol. The smallest absolute Gasteiger partial charge is 0.246 e. The Labute approximate surface area is 135 Å². The van der Waals surface area contributed by atoms with Gasteiger partial charge in [0.05, 0.1) is 6.54 Å². The second-order valence-electron chi connectivity index (χ2n) is 6.21. The van der Waals surface area contributed by atoms with Crippen LogP contribution in [0.15, 0.2) is 36.5 Å². The molecule has 1 N–H and O–H groups in total. The summed E-state index contributed by atoms with van der Waals surface area (Å²) in [7, 11) is 0. The summed E-state index contributed by atoms with van der Waals surface area (Å²) in [6.45, 7) is 1.05. The molecule has 1 aliphatic heterocycles. The Morgan fingerprint density at radius 1 is 1.26 bits per heavy atom. The zero-order chi connectivity index (χ0) is 15.6. The number of nitrogens with one attached hydrogen (secondary N) is 1. The van der Waals surface area contributed by atoms with Gasteiger partial charge in [0.15, 0.2) is 0 Å². The highest BCUT2D eigenvalue weighted by molar-refractivity contribution is 5.97. The lowest BCUT2D eigenvalue weighted by molar-refractivity contribution is -0.117. The molecule has 5 heteroatoms. The second-order valence-corrected chi connectivity index (χ2v) is 6.21. The van der Waals surface area contributed by atoms with E-state index in [-0.39, 0.29) is 12.5 Å². The van der Waals surface area contributed by atoms with Crippen LogP contribution in [0.25, 0.3) is 0 Å². The highest BCUT2D eigenvalue weighted by atomic mass is 16.2. The maximum absolute atomic E-state index is 12.6. The summed E-state index contributed by atoms with van der Waals surface area (Å²) in [6.07, 6.45) is 6.18. The largest absolute Gasteiger partial charge is 0.361 e. The molecule has 1 aromatic carbocycles. The summed E-state index contributed by atoms with van der Waals surface area (Å²) in [5, 5.41) is 3.15. The van der Waals surface area contributed by atoms with Crippen LogP contribution in [0, 0.1) is 0 Å². The van der Waals surface area contributed by atoms with Crippen molar-refractivity contribution >= 4 is 17.4 Å². The minimum absolute atomic E-state index is 0.0868. The molecule has 5 nitrogen and oxygen atoms in total. The first kappa shape index (κ1) is 14.2. The van der Waals surface area contributed by atoms with E-state index in [2.05, 4.69) is 21.4 Å². The Morgan fingerprint density at radius 2 is 2.13 bits per heavy atom. The molecule has 0 unspecified atom stereocenters. The number of carbonyl (C=O) groups excluding carboxylic acids is 1. The van der Waals surface area contributed by atoms with E-state index in [9.17, 15) is 4.79 Å². The summed E-state index contributed by atoms with van der Waals surface area (Å²) in [5.41, 5.74) is 2.30. The topological polar surface area (TPSA) is 58.1 Å². The van der Waals surface area contributed by atoms with Crippen LogP contribution in [0.5, 0.6) is 0 Å². The van der Waals surface area contributed by atoms with Crippen LogP contribution < -0.4 is 10.2 Å². The number of carbonyl (C=O) groups is 1. The number of benzene rings is 1. The van der Waals surface area contributed by atoms with Crippen molar-refractivity contribution in [3.63, 3.8) is 0 Å². The van der Waals surface area contributed by atoms with Crippen molar-refractivity contribution in [1.29, 1.82) is 0 Å². The minimum atomic E-state index is 0.0868. The van der Waals surface area contributed by atoms with Crippen LogP contribution in [0.2, 0.25) is 0 Å². The maximum atomic E-state index is 12.6. The van der Waals surface area contributed by atoms with Gasteiger partial charge >= 0.3 is 0 Å². The fourth-order valence-electron chi connectivity index (χ4n) is 3.06. The number of amides is 1. The lowest BCUT2D eigenvalue weighted by Gasteiger charge is -2.29. The van der Waals surface area contributed by atoms with Gasteiger partial charge in [0.1, 0.15) is 11.6 Å². The summed E-state index contributed by atoms with van der Waals surface area (Å²) in [4.78, 5) is 23.3. The normalized spacial score (nSPS) is 16.8. The van der Waals surface area contributed by atoms with Gasteiger partial charge in [-0.2, -0.15) is 0 Å². The van der Waals surface area contributed by atoms with Crippen molar-refractivity contribution < 1.29 is 4.79 Å². The van der Waals surface area contributed by atoms with Crippen molar-refractivity contribution in [2.45, 2.75) is 31.6 Å². The number of nitrogens with zero attached hydrogens (tertiary/aromatic N) is 3. The predicted octanol–water partition coefficient (Wildman–Crippen LogP) is 2.75. The molecule has 0 atom stereocenters. The number of fused-ring (bicyclic) bond motifs is 1. The fraction of sp³-hybridized carbons (Fsp3) is 0.389. The Morgan fingerprint density at radius 3 is 3.00 bits per heavy atom. The Balaban J connectivity index is 1.43. The number of para-hydroxylation sites is 1. The van der Waals surface area contributed by atoms with E-state index < -0.39 is 0 Å². The molecule has 1 aromatic heterocycles. The number of hydrogen-bond donors (Lipinski definition) is 1. The van der Waals surface area contributed by atoms with E-state index >= 15 is 0 Å². The molecule has 118 valence electrons. The first-order valence-electron chi connectivity index (χ1n) is 8.26. The fourth-order valence-corrected chi connectivity index (χ4v) is 3.06. The van der Waals surface area contributed by atoms with E-state index in [0.29, 0.717) is 5.92 Å². The second kappa shape index (κ2) is 5.99. The zero-order valence-electron chi connectivity index (χ0n) is 13.0. The minimum Gasteiger partial charge on any atom is -0.361 e. The number of aryl methyl sites for hydroxylation is 1. The van der Waals surface area contributed by atoms with Gasteiger partial charge in [-0.25, -0.2) is 9.97 Å². The maximum Gasteiger partial charge on any atom is 0.246 e. The molecule has 0 spiro atoms. The van der Waals surface area contributed by atoms with Crippen molar-refractivity contribution in [3.8, 4) is 0 Å². The Kier molecular flexibility index (Phi) is 3.69. The first-order valence-corrected chi connectivity index (χ1v) is 8.26. The molecular formula is C18H20N4O. The summed E-state index contributed by atoms with van der Waals surface area (Å²) < 4.78 is 0. The lowest BCUT2D eigenvalue weighted by Crippen LogP contribution is -2.39. The van der Waals surface area contributed by atoms with Gasteiger partial charge in [0.25, 0.3) is 0 Å². The molecule has 1 aliphatic carbocycles. The van der Waals surface area contributed by atoms with Gasteiger partial charge in [0, 0.05) is 24.3 Å². The highest BCUT2D eigenvalue weighted by Gasteiger charge is 2.26. The van der Waals surface area contributed by atoms with Crippen molar-refractivity contribution in [3.05, 3.63) is 47.9 Å². The molecule has 4 rings (SSSR count). The summed E-state index contributed by atoms with van der Waals surface area (Å²) in [5.74, 6) is 2.23. The third-order valence-electron chi connectivity index (χ3n) is 4.45. The van der Waals surface area contributed by atoms with E-state index in [1.54, 1.807) is 6.20 Å². The van der Waals surface area contributed by atoms with E-state index in [0.717, 1.165) is 36.7 Å². The van der Waals surface area contributed by atoms with E-state index in [1.807, 2.05) is 29.2 Å². The van der Waals surface area contributed by atoms with Crippen molar-refractivity contribution in [2.24, 2.45) is 0 Å². The molecule has 2 aromatic rings. The van der Waals surface area contributed by atoms with Crippen LogP contribution in [0.3, 0.4) is 0 Å². The molecule has 1 amide bonds. The van der Waals surface area contributed by atoms with E-state index in [1.165, 1.54) is 18.4 Å². The van der Waals surface area contributed by atoms with Crippen LogP contribution in [0.4, 0.5) is 11.5 Å². The third kappa shape index (κ3) is 3.04. The molecule has 1 fully saturated rings. The van der Waals surface area contributed by atoms with Gasteiger partial charge in [0.2, 0.25) is 5.91 Å². The molecule has 0 bridgehead atoms. The van der Waals surface area contributed by atoms with Gasteiger partial charge < -0.3 is 10.2 Å². The van der Waals surface area contributed by atoms with Gasteiger partial charge in [-0.3, -0.25) is 4.79 Å². The average Bonchev–Trinajstić information content (AvgIpc) is 3.44. The molecule has 23 heavy (non-hydrogen) atoms. The highest BCUT2D eigenvalue weighted by Crippen LogP contribution is 2.38. The van der Waals surface area contributed by atoms with Crippen molar-refractivity contribution in [2.75, 3.05) is 23.3 Å². The molecule has 0 radical (unpaired) electrons.